The molecule has 2 bridgehead atoms. The standard InChI is InChI=1S/C21H25N3O3/c1-27-19-6-2-4-16-15(19)9-17(22-16)21(26)23-10-13-8-14(12-23)18-5-3-7-20(25)24(18)11-13/h2,4,6,9,13-14,18,22H,3,5,7-8,10-12H2,1H3. The molecule has 3 aliphatic heterocycles. The van der Waals surface area contributed by atoms with Crippen molar-refractivity contribution in [1.82, 2.24) is 14.8 Å². The summed E-state index contributed by atoms with van der Waals surface area (Å²) in [7, 11) is 1.65. The zero-order valence-corrected chi connectivity index (χ0v) is 15.6. The summed E-state index contributed by atoms with van der Waals surface area (Å²) in [6.07, 6.45) is 3.89. The quantitative estimate of drug-likeness (QED) is 0.887. The van der Waals surface area contributed by atoms with E-state index < -0.39 is 0 Å². The van der Waals surface area contributed by atoms with Crippen molar-refractivity contribution in [2.45, 2.75) is 31.7 Å². The van der Waals surface area contributed by atoms with Gasteiger partial charge in [-0.1, -0.05) is 6.07 Å². The van der Waals surface area contributed by atoms with E-state index in [1.807, 2.05) is 29.2 Å². The van der Waals surface area contributed by atoms with Gasteiger partial charge >= 0.3 is 0 Å². The summed E-state index contributed by atoms with van der Waals surface area (Å²) in [4.78, 5) is 32.8. The van der Waals surface area contributed by atoms with Crippen LogP contribution in [-0.4, -0.2) is 59.4 Å². The van der Waals surface area contributed by atoms with Crippen LogP contribution in [0.4, 0.5) is 0 Å². The first-order valence-corrected chi connectivity index (χ1v) is 9.88. The maximum atomic E-state index is 13.2. The molecule has 0 aliphatic carbocycles. The van der Waals surface area contributed by atoms with Crippen molar-refractivity contribution >= 4 is 22.7 Å². The second-order valence-corrected chi connectivity index (χ2v) is 8.18. The lowest BCUT2D eigenvalue weighted by atomic mass is 9.76. The normalized spacial score (nSPS) is 27.6. The third-order valence-corrected chi connectivity index (χ3v) is 6.54. The number of likely N-dealkylation sites (tertiary alicyclic amines) is 1. The van der Waals surface area contributed by atoms with Gasteiger partial charge < -0.3 is 19.5 Å². The highest BCUT2D eigenvalue weighted by Crippen LogP contribution is 2.38. The van der Waals surface area contributed by atoms with Crippen LogP contribution >= 0.6 is 0 Å². The molecule has 0 radical (unpaired) electrons. The Morgan fingerprint density at radius 1 is 1.26 bits per heavy atom. The van der Waals surface area contributed by atoms with Gasteiger partial charge in [-0.3, -0.25) is 9.59 Å². The van der Waals surface area contributed by atoms with Gasteiger partial charge in [0.05, 0.1) is 7.11 Å². The Labute approximate surface area is 158 Å². The molecule has 1 N–H and O–H groups in total. The van der Waals surface area contributed by atoms with Crippen LogP contribution < -0.4 is 4.74 Å². The molecular weight excluding hydrogens is 342 g/mol. The number of carbonyl (C=O) groups is 2. The Morgan fingerprint density at radius 3 is 3.00 bits per heavy atom. The number of amides is 2. The fourth-order valence-electron chi connectivity index (χ4n) is 5.37. The average molecular weight is 367 g/mol. The monoisotopic (exact) mass is 367 g/mol. The fourth-order valence-corrected chi connectivity index (χ4v) is 5.37. The van der Waals surface area contributed by atoms with Crippen molar-refractivity contribution in [2.24, 2.45) is 11.8 Å². The first-order chi connectivity index (χ1) is 13.1. The number of piperidine rings is 3. The van der Waals surface area contributed by atoms with E-state index in [0.29, 0.717) is 35.9 Å². The number of nitrogens with one attached hydrogen (secondary N) is 1. The Hall–Kier alpha value is -2.50. The highest BCUT2D eigenvalue weighted by Gasteiger charge is 2.45. The van der Waals surface area contributed by atoms with Crippen molar-refractivity contribution < 1.29 is 14.3 Å². The number of rotatable bonds is 2. The summed E-state index contributed by atoms with van der Waals surface area (Å²) < 4.78 is 5.41. The van der Waals surface area contributed by atoms with E-state index >= 15 is 0 Å². The largest absolute Gasteiger partial charge is 0.496 e. The number of H-pyrrole nitrogens is 1. The van der Waals surface area contributed by atoms with Crippen LogP contribution in [0.5, 0.6) is 5.75 Å². The van der Waals surface area contributed by atoms with Crippen LogP contribution in [0.3, 0.4) is 0 Å². The van der Waals surface area contributed by atoms with Crippen molar-refractivity contribution in [2.75, 3.05) is 26.7 Å². The first kappa shape index (κ1) is 16.7. The van der Waals surface area contributed by atoms with Gasteiger partial charge in [0.25, 0.3) is 5.91 Å². The van der Waals surface area contributed by atoms with Gasteiger partial charge in [0, 0.05) is 43.0 Å². The number of aromatic nitrogens is 1. The Bertz CT molecular complexity index is 905. The third kappa shape index (κ3) is 2.69. The molecule has 2 aromatic rings. The van der Waals surface area contributed by atoms with Gasteiger partial charge in [-0.25, -0.2) is 0 Å². The van der Waals surface area contributed by atoms with Crippen LogP contribution in [-0.2, 0) is 4.79 Å². The summed E-state index contributed by atoms with van der Waals surface area (Å²) in [5.74, 6) is 1.94. The molecule has 3 saturated heterocycles. The number of ether oxygens (including phenoxy) is 1. The zero-order valence-electron chi connectivity index (χ0n) is 15.6. The number of fused-ring (bicyclic) bond motifs is 5. The van der Waals surface area contributed by atoms with Crippen LogP contribution in [0.2, 0.25) is 0 Å². The molecule has 1 aromatic carbocycles. The zero-order chi connectivity index (χ0) is 18.5. The SMILES string of the molecule is COc1cccc2[nH]c(C(=O)N3CC4CC(C3)C3CCCC(=O)N3C4)cc12. The molecule has 3 atom stereocenters. The highest BCUT2D eigenvalue weighted by molar-refractivity contribution is 5.99. The maximum Gasteiger partial charge on any atom is 0.270 e. The van der Waals surface area contributed by atoms with Gasteiger partial charge in [-0.15, -0.1) is 0 Å². The Balaban J connectivity index is 1.40. The molecule has 6 nitrogen and oxygen atoms in total. The number of aromatic amines is 1. The third-order valence-electron chi connectivity index (χ3n) is 6.54. The molecule has 1 aromatic heterocycles. The average Bonchev–Trinajstić information content (AvgIpc) is 3.12. The lowest BCUT2D eigenvalue weighted by Gasteiger charge is -2.52. The van der Waals surface area contributed by atoms with E-state index in [1.54, 1.807) is 7.11 Å². The Kier molecular flexibility index (Phi) is 3.88. The lowest BCUT2D eigenvalue weighted by molar-refractivity contribution is -0.144. The molecule has 2 amide bonds. The molecule has 3 unspecified atom stereocenters. The summed E-state index contributed by atoms with van der Waals surface area (Å²) in [6.45, 7) is 2.29. The first-order valence-electron chi connectivity index (χ1n) is 9.88. The topological polar surface area (TPSA) is 65.6 Å². The predicted molar refractivity (Wildman–Crippen MR) is 102 cm³/mol. The van der Waals surface area contributed by atoms with Crippen LogP contribution in [0.25, 0.3) is 10.9 Å². The van der Waals surface area contributed by atoms with Gasteiger partial charge in [0.2, 0.25) is 5.91 Å². The highest BCUT2D eigenvalue weighted by atomic mass is 16.5. The van der Waals surface area contributed by atoms with E-state index in [4.69, 9.17) is 4.74 Å². The van der Waals surface area contributed by atoms with Crippen LogP contribution in [0, 0.1) is 11.8 Å². The molecule has 0 spiro atoms. The lowest BCUT2D eigenvalue weighted by Crippen LogP contribution is -2.61. The smallest absolute Gasteiger partial charge is 0.270 e. The minimum Gasteiger partial charge on any atom is -0.496 e. The Morgan fingerprint density at radius 2 is 2.15 bits per heavy atom. The second kappa shape index (κ2) is 6.29. The summed E-state index contributed by atoms with van der Waals surface area (Å²) in [5.41, 5.74) is 1.53. The summed E-state index contributed by atoms with van der Waals surface area (Å²) in [6, 6.07) is 8.01. The van der Waals surface area contributed by atoms with E-state index in [-0.39, 0.29) is 5.91 Å². The molecule has 3 aliphatic rings. The van der Waals surface area contributed by atoms with Crippen molar-refractivity contribution in [3.05, 3.63) is 30.0 Å². The van der Waals surface area contributed by atoms with E-state index in [0.717, 1.165) is 55.5 Å². The van der Waals surface area contributed by atoms with E-state index in [2.05, 4.69) is 9.88 Å². The molecule has 142 valence electrons. The minimum absolute atomic E-state index is 0.0542. The van der Waals surface area contributed by atoms with Crippen LogP contribution in [0.15, 0.2) is 24.3 Å². The van der Waals surface area contributed by atoms with Gasteiger partial charge in [-0.05, 0) is 49.3 Å². The minimum atomic E-state index is 0.0542. The molecule has 5 rings (SSSR count). The number of nitrogens with zero attached hydrogens (tertiary/aromatic N) is 2. The molecule has 6 heteroatoms. The molecular formula is C21H25N3O3. The number of benzene rings is 1. The van der Waals surface area contributed by atoms with E-state index in [9.17, 15) is 9.59 Å². The van der Waals surface area contributed by atoms with Crippen molar-refractivity contribution in [3.8, 4) is 5.75 Å². The van der Waals surface area contributed by atoms with Gasteiger partial charge in [0.15, 0.2) is 0 Å². The van der Waals surface area contributed by atoms with Crippen molar-refractivity contribution in [3.63, 3.8) is 0 Å². The summed E-state index contributed by atoms with van der Waals surface area (Å²) >= 11 is 0. The second-order valence-electron chi connectivity index (χ2n) is 8.18. The molecule has 4 heterocycles. The van der Waals surface area contributed by atoms with Crippen molar-refractivity contribution in [1.29, 1.82) is 0 Å². The predicted octanol–water partition coefficient (Wildman–Crippen LogP) is 2.65. The van der Waals surface area contributed by atoms with E-state index in [1.165, 1.54) is 0 Å². The molecule has 0 saturated carbocycles. The number of carbonyl (C=O) groups excluding carboxylic acids is 2. The molecule has 3 fully saturated rings. The number of hydrogen-bond acceptors (Lipinski definition) is 3. The number of hydrogen-bond donors (Lipinski definition) is 1. The van der Waals surface area contributed by atoms with Gasteiger partial charge in [-0.2, -0.15) is 0 Å². The maximum absolute atomic E-state index is 13.2. The fraction of sp³-hybridized carbons (Fsp3) is 0.524. The summed E-state index contributed by atoms with van der Waals surface area (Å²) in [5, 5.41) is 0.935. The van der Waals surface area contributed by atoms with Gasteiger partial charge in [0.1, 0.15) is 11.4 Å². The number of methoxy groups -OCH3 is 1. The molecule has 27 heavy (non-hydrogen) atoms. The van der Waals surface area contributed by atoms with Crippen LogP contribution in [0.1, 0.15) is 36.2 Å².